The average Bonchev–Trinajstić information content (AvgIpc) is 1.90. The predicted octanol–water partition coefficient (Wildman–Crippen LogP) is -0.143. The van der Waals surface area contributed by atoms with Gasteiger partial charge in [0.2, 0.25) is 0 Å². The van der Waals surface area contributed by atoms with Crippen molar-refractivity contribution in [3.63, 3.8) is 0 Å². The Labute approximate surface area is 55.5 Å². The number of pyridine rings is 1. The summed E-state index contributed by atoms with van der Waals surface area (Å²) in [5.41, 5.74) is 1.25. The van der Waals surface area contributed by atoms with Crippen LogP contribution in [0.2, 0.25) is 0 Å². The first kappa shape index (κ1) is 5.90. The monoisotopic (exact) mass is 113 g/mol. The average molecular weight is 113 g/mol. The van der Waals surface area contributed by atoms with E-state index in [1.807, 2.05) is 0 Å². The van der Waals surface area contributed by atoms with Gasteiger partial charge in [-0.05, 0) is 6.07 Å². The quantitative estimate of drug-likeness (QED) is 0.337. The maximum atomic E-state index is 5.35. The van der Waals surface area contributed by atoms with Crippen LogP contribution in [0.5, 0.6) is 0 Å². The van der Waals surface area contributed by atoms with Crippen LogP contribution in [0, 0.1) is 12.3 Å². The molecule has 1 aromatic heterocycles. The van der Waals surface area contributed by atoms with E-state index in [1.54, 1.807) is 12.1 Å². The normalized spacial score (nSPS) is 8.33. The molecule has 0 fully saturated rings. The summed E-state index contributed by atoms with van der Waals surface area (Å²) in [6.07, 6.45) is 6.58. The molecule has 0 atom stereocenters. The van der Waals surface area contributed by atoms with Crippen LogP contribution in [-0.2, 0) is 0 Å². The van der Waals surface area contributed by atoms with Crippen LogP contribution in [0.1, 0.15) is 5.69 Å². The molecule has 9 heavy (non-hydrogen) atoms. The van der Waals surface area contributed by atoms with Crippen molar-refractivity contribution < 1.29 is 0 Å². The van der Waals surface area contributed by atoms with Crippen molar-refractivity contribution in [1.29, 1.82) is 0 Å². The van der Waals surface area contributed by atoms with Gasteiger partial charge in [-0.2, -0.15) is 0 Å². The number of aromatic nitrogens is 1. The molecule has 0 aliphatic carbocycles. The van der Waals surface area contributed by atoms with Crippen LogP contribution in [0.3, 0.4) is 0 Å². The molecule has 2 radical (unpaired) electrons. The molecule has 0 aliphatic rings. The first-order chi connectivity index (χ1) is 4.33. The van der Waals surface area contributed by atoms with Crippen molar-refractivity contribution in [2.45, 2.75) is 0 Å². The highest BCUT2D eigenvalue weighted by molar-refractivity contribution is 6.32. The molecule has 1 rings (SSSR count). The molecule has 0 saturated heterocycles. The summed E-state index contributed by atoms with van der Waals surface area (Å²) in [6, 6.07) is 3.43. The van der Waals surface area contributed by atoms with Crippen molar-refractivity contribution in [3.8, 4) is 12.3 Å². The van der Waals surface area contributed by atoms with E-state index in [1.165, 1.54) is 6.20 Å². The smallest absolute Gasteiger partial charge is 0.115 e. The zero-order valence-corrected chi connectivity index (χ0v) is 4.83. The highest BCUT2D eigenvalue weighted by Crippen LogP contribution is 1.84. The first-order valence-electron chi connectivity index (χ1n) is 2.51. The number of nitrogens with zero attached hydrogens (tertiary/aromatic N) is 1. The molecule has 1 heterocycles. The van der Waals surface area contributed by atoms with E-state index >= 15 is 0 Å². The molecule has 1 nitrogen and oxygen atoms in total. The van der Waals surface area contributed by atoms with E-state index in [0.717, 1.165) is 0 Å². The highest BCUT2D eigenvalue weighted by atomic mass is 14.6. The summed E-state index contributed by atoms with van der Waals surface area (Å²) in [7, 11) is 5.35. The number of hydrogen-bond donors (Lipinski definition) is 0. The van der Waals surface area contributed by atoms with Crippen molar-refractivity contribution >= 4 is 13.3 Å². The number of hydrogen-bond acceptors (Lipinski definition) is 1. The molecule has 0 N–H and O–H groups in total. The Hall–Kier alpha value is -1.23. The van der Waals surface area contributed by atoms with E-state index in [0.29, 0.717) is 11.2 Å². The largest absolute Gasteiger partial charge is 0.248 e. The summed E-state index contributed by atoms with van der Waals surface area (Å²) in [5, 5.41) is 0. The second-order valence-electron chi connectivity index (χ2n) is 1.62. The van der Waals surface area contributed by atoms with E-state index < -0.39 is 0 Å². The number of rotatable bonds is 0. The molecule has 2 heteroatoms. The second kappa shape index (κ2) is 2.36. The molecule has 0 unspecified atom stereocenters. The Kier molecular flexibility index (Phi) is 1.55. The van der Waals surface area contributed by atoms with Gasteiger partial charge in [0.1, 0.15) is 13.5 Å². The van der Waals surface area contributed by atoms with Gasteiger partial charge in [0, 0.05) is 6.20 Å². The van der Waals surface area contributed by atoms with E-state index in [4.69, 9.17) is 14.3 Å². The van der Waals surface area contributed by atoms with Gasteiger partial charge in [0.05, 0.1) is 0 Å². The molecule has 0 aromatic carbocycles. The molecular formula is C7H4BN. The lowest BCUT2D eigenvalue weighted by atomic mass is 9.99. The minimum atomic E-state index is 0.615. The SMILES string of the molecule is [B]c1ccc(C#C)nc1. The zero-order valence-electron chi connectivity index (χ0n) is 4.83. The highest BCUT2D eigenvalue weighted by Gasteiger charge is 1.84. The van der Waals surface area contributed by atoms with Crippen LogP contribution in [0.25, 0.3) is 0 Å². The maximum absolute atomic E-state index is 5.35. The molecule has 0 spiro atoms. The zero-order chi connectivity index (χ0) is 6.69. The lowest BCUT2D eigenvalue weighted by Gasteiger charge is -1.89. The van der Waals surface area contributed by atoms with Gasteiger partial charge in [0.25, 0.3) is 0 Å². The summed E-state index contributed by atoms with van der Waals surface area (Å²) in [5.74, 6) is 2.39. The fourth-order valence-corrected chi connectivity index (χ4v) is 0.491. The minimum absolute atomic E-state index is 0.615. The Balaban J connectivity index is 3.06. The molecular weight excluding hydrogens is 109 g/mol. The van der Waals surface area contributed by atoms with Gasteiger partial charge in [-0.15, -0.1) is 6.42 Å². The Morgan fingerprint density at radius 1 is 1.56 bits per heavy atom. The molecule has 40 valence electrons. The third-order valence-electron chi connectivity index (χ3n) is 0.934. The van der Waals surface area contributed by atoms with Crippen molar-refractivity contribution in [2.24, 2.45) is 0 Å². The lowest BCUT2D eigenvalue weighted by molar-refractivity contribution is 1.31. The summed E-state index contributed by atoms with van der Waals surface area (Å²) in [4.78, 5) is 3.84. The Bertz CT molecular complexity index is 232. The second-order valence-corrected chi connectivity index (χ2v) is 1.62. The van der Waals surface area contributed by atoms with Gasteiger partial charge in [-0.3, -0.25) is 0 Å². The predicted molar refractivity (Wildman–Crippen MR) is 37.6 cm³/mol. The topological polar surface area (TPSA) is 12.9 Å². The maximum Gasteiger partial charge on any atom is 0.115 e. The molecule has 0 bridgehead atoms. The summed E-state index contributed by atoms with van der Waals surface area (Å²) < 4.78 is 0. The van der Waals surface area contributed by atoms with Crippen LogP contribution in [-0.4, -0.2) is 12.8 Å². The van der Waals surface area contributed by atoms with Crippen LogP contribution in [0.15, 0.2) is 18.3 Å². The fraction of sp³-hybridized carbons (Fsp3) is 0. The summed E-state index contributed by atoms with van der Waals surface area (Å²) >= 11 is 0. The van der Waals surface area contributed by atoms with Gasteiger partial charge in [0.15, 0.2) is 0 Å². The van der Waals surface area contributed by atoms with Gasteiger partial charge in [-0.25, -0.2) is 4.98 Å². The van der Waals surface area contributed by atoms with Crippen molar-refractivity contribution in [1.82, 2.24) is 4.98 Å². The third-order valence-corrected chi connectivity index (χ3v) is 0.934. The van der Waals surface area contributed by atoms with Crippen LogP contribution in [0.4, 0.5) is 0 Å². The number of terminal acetylenes is 1. The van der Waals surface area contributed by atoms with E-state index in [-0.39, 0.29) is 0 Å². The molecule has 1 aromatic rings. The fourth-order valence-electron chi connectivity index (χ4n) is 0.491. The van der Waals surface area contributed by atoms with Crippen molar-refractivity contribution in [2.75, 3.05) is 0 Å². The standard InChI is InChI=1S/C7H4BN/c1-2-7-4-3-6(8)5-9-7/h1,3-5H. The third kappa shape index (κ3) is 1.33. The van der Waals surface area contributed by atoms with Crippen LogP contribution >= 0.6 is 0 Å². The Morgan fingerprint density at radius 3 is 2.78 bits per heavy atom. The Morgan fingerprint density at radius 2 is 2.33 bits per heavy atom. The van der Waals surface area contributed by atoms with Crippen molar-refractivity contribution in [3.05, 3.63) is 24.0 Å². The van der Waals surface area contributed by atoms with E-state index in [9.17, 15) is 0 Å². The molecule has 0 amide bonds. The van der Waals surface area contributed by atoms with Gasteiger partial charge < -0.3 is 0 Å². The van der Waals surface area contributed by atoms with Crippen LogP contribution < -0.4 is 5.46 Å². The van der Waals surface area contributed by atoms with Gasteiger partial charge >= 0.3 is 0 Å². The molecule has 0 saturated carbocycles. The molecule has 0 aliphatic heterocycles. The minimum Gasteiger partial charge on any atom is -0.248 e. The van der Waals surface area contributed by atoms with Gasteiger partial charge in [-0.1, -0.05) is 17.4 Å². The van der Waals surface area contributed by atoms with E-state index in [2.05, 4.69) is 10.9 Å². The first-order valence-corrected chi connectivity index (χ1v) is 2.51. The lowest BCUT2D eigenvalue weighted by Crippen LogP contribution is -2.01. The summed E-state index contributed by atoms with van der Waals surface area (Å²) in [6.45, 7) is 0.